The van der Waals surface area contributed by atoms with Crippen molar-refractivity contribution in [2.45, 2.75) is 27.4 Å². The number of hydrogen-bond donors (Lipinski definition) is 1. The normalized spacial score (nSPS) is 10.4. The Labute approximate surface area is 126 Å². The molecular weight excluding hydrogens is 290 g/mol. The number of aryl methyl sites for hydroxylation is 2. The number of aromatic nitrogens is 1. The number of nitro benzene ring substituents is 1. The van der Waals surface area contributed by atoms with Crippen LogP contribution in [0.3, 0.4) is 0 Å². The first kappa shape index (κ1) is 15.2. The molecule has 2 rings (SSSR count). The molecule has 1 N–H and O–H groups in total. The van der Waals surface area contributed by atoms with Gasteiger partial charge in [0.25, 0.3) is 5.69 Å². The van der Waals surface area contributed by atoms with E-state index in [9.17, 15) is 10.1 Å². The quantitative estimate of drug-likeness (QED) is 0.650. The lowest BCUT2D eigenvalue weighted by atomic mass is 10.1. The Kier molecular flexibility index (Phi) is 4.74. The Hall–Kier alpha value is -2.15. The lowest BCUT2D eigenvalue weighted by Crippen LogP contribution is -1.98. The summed E-state index contributed by atoms with van der Waals surface area (Å²) in [6, 6.07) is 3.25. The summed E-state index contributed by atoms with van der Waals surface area (Å²) in [6.07, 6.45) is 1.77. The molecule has 0 amide bonds. The monoisotopic (exact) mass is 307 g/mol. The molecular formula is C14H17N3O3S. The molecule has 7 heteroatoms. The summed E-state index contributed by atoms with van der Waals surface area (Å²) in [5.74, 6) is 0.663. The van der Waals surface area contributed by atoms with Gasteiger partial charge >= 0.3 is 0 Å². The lowest BCUT2D eigenvalue weighted by Gasteiger charge is -2.09. The van der Waals surface area contributed by atoms with Gasteiger partial charge in [-0.25, -0.2) is 4.98 Å². The molecule has 0 aliphatic carbocycles. The maximum atomic E-state index is 10.9. The fraction of sp³-hybridized carbons (Fsp3) is 0.357. The molecule has 0 spiro atoms. The number of rotatable bonds is 6. The van der Waals surface area contributed by atoms with Crippen molar-refractivity contribution in [1.29, 1.82) is 0 Å². The van der Waals surface area contributed by atoms with E-state index in [1.54, 1.807) is 32.2 Å². The van der Waals surface area contributed by atoms with Crippen molar-refractivity contribution in [2.75, 3.05) is 11.9 Å². The van der Waals surface area contributed by atoms with Crippen LogP contribution in [0.5, 0.6) is 5.75 Å². The molecule has 0 saturated carbocycles. The minimum Gasteiger partial charge on any atom is -0.488 e. The van der Waals surface area contributed by atoms with Gasteiger partial charge in [-0.15, -0.1) is 0 Å². The van der Waals surface area contributed by atoms with E-state index in [4.69, 9.17) is 4.74 Å². The number of anilines is 1. The highest BCUT2D eigenvalue weighted by Crippen LogP contribution is 2.29. The average Bonchev–Trinajstić information content (AvgIpc) is 2.87. The van der Waals surface area contributed by atoms with Crippen molar-refractivity contribution in [3.63, 3.8) is 0 Å². The summed E-state index contributed by atoms with van der Waals surface area (Å²) in [4.78, 5) is 15.7. The van der Waals surface area contributed by atoms with Crippen molar-refractivity contribution >= 4 is 22.2 Å². The van der Waals surface area contributed by atoms with E-state index in [1.807, 2.05) is 6.92 Å². The van der Waals surface area contributed by atoms with E-state index in [1.165, 1.54) is 11.3 Å². The van der Waals surface area contributed by atoms with Crippen LogP contribution in [-0.2, 0) is 6.61 Å². The molecule has 0 bridgehead atoms. The van der Waals surface area contributed by atoms with Gasteiger partial charge in [0.2, 0.25) is 0 Å². The molecule has 0 aliphatic rings. The third kappa shape index (κ3) is 3.69. The van der Waals surface area contributed by atoms with E-state index in [0.717, 1.165) is 22.1 Å². The number of nitrogens with zero attached hydrogens (tertiary/aromatic N) is 2. The van der Waals surface area contributed by atoms with E-state index in [0.29, 0.717) is 17.9 Å². The third-order valence-electron chi connectivity index (χ3n) is 2.94. The van der Waals surface area contributed by atoms with Crippen molar-refractivity contribution in [3.05, 3.63) is 44.4 Å². The van der Waals surface area contributed by atoms with Crippen molar-refractivity contribution in [3.8, 4) is 5.75 Å². The minimum atomic E-state index is -0.377. The number of ether oxygens (including phenoxy) is 1. The zero-order valence-electron chi connectivity index (χ0n) is 12.2. The minimum absolute atomic E-state index is 0.118. The highest BCUT2D eigenvalue weighted by Gasteiger charge is 2.14. The SMILES string of the molecule is CCNc1ncc(COc2cc(C)c([N+](=O)[O-])cc2C)s1. The predicted molar refractivity (Wildman–Crippen MR) is 83.2 cm³/mol. The van der Waals surface area contributed by atoms with E-state index >= 15 is 0 Å². The van der Waals surface area contributed by atoms with Gasteiger partial charge < -0.3 is 10.1 Å². The molecule has 2 aromatic rings. The van der Waals surface area contributed by atoms with E-state index in [2.05, 4.69) is 10.3 Å². The van der Waals surface area contributed by atoms with Gasteiger partial charge in [0, 0.05) is 24.4 Å². The first-order valence-electron chi connectivity index (χ1n) is 6.58. The largest absolute Gasteiger partial charge is 0.488 e. The third-order valence-corrected chi connectivity index (χ3v) is 3.87. The first-order valence-corrected chi connectivity index (χ1v) is 7.40. The fourth-order valence-electron chi connectivity index (χ4n) is 1.88. The highest BCUT2D eigenvalue weighted by atomic mass is 32.1. The summed E-state index contributed by atoms with van der Waals surface area (Å²) < 4.78 is 5.75. The fourth-order valence-corrected chi connectivity index (χ4v) is 2.68. The Morgan fingerprint density at radius 1 is 1.38 bits per heavy atom. The molecule has 1 heterocycles. The second kappa shape index (κ2) is 6.53. The molecule has 1 aromatic carbocycles. The van der Waals surface area contributed by atoms with Crippen LogP contribution < -0.4 is 10.1 Å². The number of thiazole rings is 1. The van der Waals surface area contributed by atoms with E-state index in [-0.39, 0.29) is 10.6 Å². The van der Waals surface area contributed by atoms with Crippen LogP contribution in [0.15, 0.2) is 18.3 Å². The molecule has 0 fully saturated rings. The molecule has 0 aliphatic heterocycles. The molecule has 112 valence electrons. The van der Waals surface area contributed by atoms with Crippen LogP contribution in [0.25, 0.3) is 0 Å². The van der Waals surface area contributed by atoms with Crippen molar-refractivity contribution in [1.82, 2.24) is 4.98 Å². The summed E-state index contributed by atoms with van der Waals surface area (Å²) in [5, 5.41) is 14.9. The van der Waals surface area contributed by atoms with Gasteiger partial charge in [-0.3, -0.25) is 10.1 Å². The highest BCUT2D eigenvalue weighted by molar-refractivity contribution is 7.15. The molecule has 0 atom stereocenters. The maximum Gasteiger partial charge on any atom is 0.272 e. The van der Waals surface area contributed by atoms with Crippen LogP contribution in [0, 0.1) is 24.0 Å². The van der Waals surface area contributed by atoms with Gasteiger partial charge in [-0.2, -0.15) is 0 Å². The second-order valence-electron chi connectivity index (χ2n) is 4.61. The topological polar surface area (TPSA) is 77.3 Å². The lowest BCUT2D eigenvalue weighted by molar-refractivity contribution is -0.385. The number of nitro groups is 1. The molecule has 21 heavy (non-hydrogen) atoms. The van der Waals surface area contributed by atoms with E-state index < -0.39 is 0 Å². The standard InChI is InChI=1S/C14H17N3O3S/c1-4-15-14-16-7-11(21-14)8-20-13-6-9(2)12(17(18)19)5-10(13)3/h5-7H,4,8H2,1-3H3,(H,15,16). The smallest absolute Gasteiger partial charge is 0.272 e. The van der Waals surface area contributed by atoms with Crippen LogP contribution in [0.1, 0.15) is 22.9 Å². The zero-order chi connectivity index (χ0) is 15.4. The van der Waals surface area contributed by atoms with Crippen LogP contribution >= 0.6 is 11.3 Å². The number of nitrogens with one attached hydrogen (secondary N) is 1. The van der Waals surface area contributed by atoms with Crippen molar-refractivity contribution < 1.29 is 9.66 Å². The molecule has 1 aromatic heterocycles. The van der Waals surface area contributed by atoms with Crippen LogP contribution in [0.4, 0.5) is 10.8 Å². The summed E-state index contributed by atoms with van der Waals surface area (Å²) >= 11 is 1.54. The summed E-state index contributed by atoms with van der Waals surface area (Å²) in [7, 11) is 0. The first-order chi connectivity index (χ1) is 10.0. The van der Waals surface area contributed by atoms with Crippen molar-refractivity contribution in [2.24, 2.45) is 0 Å². The molecule has 0 saturated heterocycles. The Bertz CT molecular complexity index is 655. The summed E-state index contributed by atoms with van der Waals surface area (Å²) in [5.41, 5.74) is 1.47. The number of hydrogen-bond acceptors (Lipinski definition) is 6. The Morgan fingerprint density at radius 3 is 2.81 bits per heavy atom. The molecule has 0 radical (unpaired) electrons. The van der Waals surface area contributed by atoms with Gasteiger partial charge in [0.1, 0.15) is 12.4 Å². The zero-order valence-corrected chi connectivity index (χ0v) is 13.0. The molecule has 6 nitrogen and oxygen atoms in total. The molecule has 0 unspecified atom stereocenters. The maximum absolute atomic E-state index is 10.9. The van der Waals surface area contributed by atoms with Crippen LogP contribution in [0.2, 0.25) is 0 Å². The Morgan fingerprint density at radius 2 is 2.14 bits per heavy atom. The van der Waals surface area contributed by atoms with Gasteiger partial charge in [-0.05, 0) is 32.4 Å². The van der Waals surface area contributed by atoms with Gasteiger partial charge in [0.15, 0.2) is 5.13 Å². The second-order valence-corrected chi connectivity index (χ2v) is 5.73. The van der Waals surface area contributed by atoms with Crippen LogP contribution in [-0.4, -0.2) is 16.5 Å². The van der Waals surface area contributed by atoms with Gasteiger partial charge in [-0.1, -0.05) is 11.3 Å². The van der Waals surface area contributed by atoms with Gasteiger partial charge in [0.05, 0.1) is 9.80 Å². The predicted octanol–water partition coefficient (Wildman–Crippen LogP) is 3.68. The Balaban J connectivity index is 2.09. The number of benzene rings is 1. The summed E-state index contributed by atoms with van der Waals surface area (Å²) in [6.45, 7) is 6.76. The average molecular weight is 307 g/mol.